The predicted molar refractivity (Wildman–Crippen MR) is 45.9 cm³/mol. The maximum absolute atomic E-state index is 13.1. The molecule has 0 aliphatic carbocycles. The molecule has 1 heterocycles. The number of aromatic nitrogens is 2. The van der Waals surface area contributed by atoms with E-state index in [0.717, 1.165) is 0 Å². The zero-order chi connectivity index (χ0) is 10.1. The maximum atomic E-state index is 13.1. The van der Waals surface area contributed by atoms with Gasteiger partial charge in [-0.3, -0.25) is 9.48 Å². The monoisotopic (exact) mass is 185 g/mol. The minimum absolute atomic E-state index is 0.111. The van der Waals surface area contributed by atoms with Crippen molar-refractivity contribution in [2.24, 2.45) is 5.73 Å². The van der Waals surface area contributed by atoms with Crippen LogP contribution in [0.3, 0.4) is 0 Å². The number of rotatable bonds is 3. The van der Waals surface area contributed by atoms with Gasteiger partial charge in [-0.1, -0.05) is 0 Å². The minimum Gasteiger partial charge on any atom is -0.366 e. The van der Waals surface area contributed by atoms with Crippen LogP contribution in [-0.2, 0) is 6.54 Å². The first kappa shape index (κ1) is 9.70. The molecule has 1 aromatic heterocycles. The Morgan fingerprint density at radius 3 is 2.77 bits per heavy atom. The molecule has 0 aliphatic heterocycles. The summed E-state index contributed by atoms with van der Waals surface area (Å²) in [5, 5.41) is 3.80. The predicted octanol–water partition coefficient (Wildman–Crippen LogP) is 0.730. The number of carbonyl (C=O) groups is 1. The summed E-state index contributed by atoms with van der Waals surface area (Å²) in [5.41, 5.74) is 3.95. The van der Waals surface area contributed by atoms with Crippen LogP contribution in [0, 0.1) is 0 Å². The van der Waals surface area contributed by atoms with E-state index in [9.17, 15) is 9.18 Å². The molecule has 0 saturated heterocycles. The highest BCUT2D eigenvalue weighted by Gasteiger charge is 2.17. The van der Waals surface area contributed by atoms with Gasteiger partial charge in [-0.2, -0.15) is 5.10 Å². The SMILES string of the molecule is CC(C)(F)Cn1cc(C(N)=O)cn1. The third-order valence-electron chi connectivity index (χ3n) is 1.46. The molecule has 1 aromatic rings. The Morgan fingerprint density at radius 2 is 2.38 bits per heavy atom. The number of nitrogens with zero attached hydrogens (tertiary/aromatic N) is 2. The second-order valence-electron chi connectivity index (χ2n) is 3.51. The molecular formula is C8H12FN3O. The van der Waals surface area contributed by atoms with Gasteiger partial charge in [0.2, 0.25) is 0 Å². The summed E-state index contributed by atoms with van der Waals surface area (Å²) in [6.45, 7) is 3.00. The van der Waals surface area contributed by atoms with Crippen LogP contribution in [0.1, 0.15) is 24.2 Å². The summed E-state index contributed by atoms with van der Waals surface area (Å²) < 4.78 is 14.5. The third kappa shape index (κ3) is 2.85. The summed E-state index contributed by atoms with van der Waals surface area (Å²) in [6.07, 6.45) is 2.76. The van der Waals surface area contributed by atoms with E-state index in [1.165, 1.54) is 30.9 Å². The fourth-order valence-electron chi connectivity index (χ4n) is 0.963. The summed E-state index contributed by atoms with van der Waals surface area (Å²) in [6, 6.07) is 0. The van der Waals surface area contributed by atoms with Crippen molar-refractivity contribution < 1.29 is 9.18 Å². The zero-order valence-corrected chi connectivity index (χ0v) is 7.62. The van der Waals surface area contributed by atoms with Crippen molar-refractivity contribution in [3.8, 4) is 0 Å². The molecule has 72 valence electrons. The van der Waals surface area contributed by atoms with Crippen LogP contribution < -0.4 is 5.73 Å². The molecule has 0 fully saturated rings. The number of hydrogen-bond acceptors (Lipinski definition) is 2. The van der Waals surface area contributed by atoms with Crippen molar-refractivity contribution in [1.29, 1.82) is 0 Å². The smallest absolute Gasteiger partial charge is 0.251 e. The van der Waals surface area contributed by atoms with E-state index in [1.54, 1.807) is 0 Å². The van der Waals surface area contributed by atoms with Crippen molar-refractivity contribution in [2.75, 3.05) is 0 Å². The molecule has 0 atom stereocenters. The number of amides is 1. The van der Waals surface area contributed by atoms with E-state index in [1.807, 2.05) is 0 Å². The Labute approximate surface area is 75.5 Å². The van der Waals surface area contributed by atoms with Gasteiger partial charge in [-0.25, -0.2) is 4.39 Å². The average Bonchev–Trinajstić information content (AvgIpc) is 2.31. The Bertz CT molecular complexity index is 313. The maximum Gasteiger partial charge on any atom is 0.251 e. The Balaban J connectivity index is 2.75. The molecule has 0 unspecified atom stereocenters. The van der Waals surface area contributed by atoms with Gasteiger partial charge in [-0.05, 0) is 13.8 Å². The van der Waals surface area contributed by atoms with Gasteiger partial charge in [-0.15, -0.1) is 0 Å². The van der Waals surface area contributed by atoms with E-state index < -0.39 is 11.6 Å². The first-order valence-corrected chi connectivity index (χ1v) is 3.90. The second kappa shape index (κ2) is 3.16. The molecule has 0 aliphatic rings. The number of nitrogens with two attached hydrogens (primary N) is 1. The lowest BCUT2D eigenvalue weighted by atomic mass is 10.2. The lowest BCUT2D eigenvalue weighted by Gasteiger charge is -2.12. The van der Waals surface area contributed by atoms with Gasteiger partial charge in [0.25, 0.3) is 5.91 Å². The molecule has 0 bridgehead atoms. The van der Waals surface area contributed by atoms with Crippen LogP contribution in [0.15, 0.2) is 12.4 Å². The van der Waals surface area contributed by atoms with Crippen LogP contribution in [-0.4, -0.2) is 21.4 Å². The van der Waals surface area contributed by atoms with Crippen LogP contribution >= 0.6 is 0 Å². The molecule has 2 N–H and O–H groups in total. The van der Waals surface area contributed by atoms with E-state index in [2.05, 4.69) is 5.10 Å². The third-order valence-corrected chi connectivity index (χ3v) is 1.46. The van der Waals surface area contributed by atoms with Gasteiger partial charge in [0.15, 0.2) is 0 Å². The van der Waals surface area contributed by atoms with E-state index in [4.69, 9.17) is 5.73 Å². The first-order valence-electron chi connectivity index (χ1n) is 3.90. The Hall–Kier alpha value is -1.39. The molecular weight excluding hydrogens is 173 g/mol. The van der Waals surface area contributed by atoms with Crippen molar-refractivity contribution in [2.45, 2.75) is 26.1 Å². The van der Waals surface area contributed by atoms with E-state index in [0.29, 0.717) is 5.56 Å². The standard InChI is InChI=1S/C8H12FN3O/c1-8(2,9)5-12-4-6(3-11-12)7(10)13/h3-4H,5H2,1-2H3,(H2,10,13). The molecule has 0 spiro atoms. The highest BCUT2D eigenvalue weighted by Crippen LogP contribution is 2.11. The fraction of sp³-hybridized carbons (Fsp3) is 0.500. The zero-order valence-electron chi connectivity index (χ0n) is 7.62. The second-order valence-corrected chi connectivity index (χ2v) is 3.51. The Morgan fingerprint density at radius 1 is 1.77 bits per heavy atom. The van der Waals surface area contributed by atoms with E-state index >= 15 is 0 Å². The van der Waals surface area contributed by atoms with Gasteiger partial charge < -0.3 is 5.73 Å². The molecule has 4 nitrogen and oxygen atoms in total. The number of primary amides is 1. The molecule has 0 aromatic carbocycles. The quantitative estimate of drug-likeness (QED) is 0.754. The topological polar surface area (TPSA) is 60.9 Å². The minimum atomic E-state index is -1.35. The van der Waals surface area contributed by atoms with E-state index in [-0.39, 0.29) is 6.54 Å². The highest BCUT2D eigenvalue weighted by molar-refractivity contribution is 5.92. The number of carbonyl (C=O) groups excluding carboxylic acids is 1. The molecule has 1 rings (SSSR count). The highest BCUT2D eigenvalue weighted by atomic mass is 19.1. The number of hydrogen-bond donors (Lipinski definition) is 1. The molecule has 0 radical (unpaired) electrons. The van der Waals surface area contributed by atoms with Crippen LogP contribution in [0.2, 0.25) is 0 Å². The van der Waals surface area contributed by atoms with Gasteiger partial charge in [0.05, 0.1) is 18.3 Å². The van der Waals surface area contributed by atoms with Crippen LogP contribution in [0.4, 0.5) is 4.39 Å². The Kier molecular flexibility index (Phi) is 2.36. The number of alkyl halides is 1. The lowest BCUT2D eigenvalue weighted by Crippen LogP contribution is -2.21. The van der Waals surface area contributed by atoms with Crippen molar-refractivity contribution in [3.05, 3.63) is 18.0 Å². The van der Waals surface area contributed by atoms with Crippen molar-refractivity contribution in [1.82, 2.24) is 9.78 Å². The largest absolute Gasteiger partial charge is 0.366 e. The van der Waals surface area contributed by atoms with Crippen molar-refractivity contribution >= 4 is 5.91 Å². The summed E-state index contributed by atoms with van der Waals surface area (Å²) in [5.74, 6) is -0.553. The first-order chi connectivity index (χ1) is 5.88. The normalized spacial score (nSPS) is 11.6. The summed E-state index contributed by atoms with van der Waals surface area (Å²) in [7, 11) is 0. The fourth-order valence-corrected chi connectivity index (χ4v) is 0.963. The molecule has 13 heavy (non-hydrogen) atoms. The lowest BCUT2D eigenvalue weighted by molar-refractivity contribution is 0.0999. The molecule has 5 heteroatoms. The molecule has 0 saturated carbocycles. The summed E-state index contributed by atoms with van der Waals surface area (Å²) >= 11 is 0. The molecule has 1 amide bonds. The average molecular weight is 185 g/mol. The van der Waals surface area contributed by atoms with Gasteiger partial charge in [0.1, 0.15) is 5.67 Å². The summed E-state index contributed by atoms with van der Waals surface area (Å²) in [4.78, 5) is 10.7. The van der Waals surface area contributed by atoms with Gasteiger partial charge >= 0.3 is 0 Å². The van der Waals surface area contributed by atoms with Crippen LogP contribution in [0.5, 0.6) is 0 Å². The number of halogens is 1. The van der Waals surface area contributed by atoms with Crippen molar-refractivity contribution in [3.63, 3.8) is 0 Å². The van der Waals surface area contributed by atoms with Crippen LogP contribution in [0.25, 0.3) is 0 Å². The van der Waals surface area contributed by atoms with Gasteiger partial charge in [0, 0.05) is 6.20 Å².